The number of aryl methyl sites for hydroxylation is 1. The Kier molecular flexibility index (Phi) is 5.91. The summed E-state index contributed by atoms with van der Waals surface area (Å²) in [5, 5.41) is 11.5. The van der Waals surface area contributed by atoms with Crippen LogP contribution in [0, 0.1) is 6.92 Å². The first-order valence-electron chi connectivity index (χ1n) is 8.29. The van der Waals surface area contributed by atoms with Crippen LogP contribution in [-0.2, 0) is 9.59 Å². The molecule has 1 fully saturated rings. The maximum absolute atomic E-state index is 12.6. The van der Waals surface area contributed by atoms with E-state index >= 15 is 0 Å². The molecule has 0 radical (unpaired) electrons. The van der Waals surface area contributed by atoms with Crippen LogP contribution in [0.4, 0.5) is 5.69 Å². The van der Waals surface area contributed by atoms with Crippen LogP contribution >= 0.6 is 24.0 Å². The van der Waals surface area contributed by atoms with Gasteiger partial charge in [-0.05, 0) is 42.8 Å². The Labute approximate surface area is 171 Å². The Morgan fingerprint density at radius 1 is 1.14 bits per heavy atom. The highest BCUT2D eigenvalue weighted by Gasteiger charge is 2.33. The van der Waals surface area contributed by atoms with Gasteiger partial charge in [0.15, 0.2) is 0 Å². The summed E-state index contributed by atoms with van der Waals surface area (Å²) < 4.78 is 0.319. The molecule has 2 amide bonds. The lowest BCUT2D eigenvalue weighted by molar-refractivity contribution is -0.126. The highest BCUT2D eigenvalue weighted by atomic mass is 32.2. The van der Waals surface area contributed by atoms with E-state index in [4.69, 9.17) is 17.3 Å². The predicted molar refractivity (Wildman–Crippen MR) is 113 cm³/mol. The second kappa shape index (κ2) is 8.37. The van der Waals surface area contributed by atoms with Crippen molar-refractivity contribution in [2.24, 2.45) is 0 Å². The first-order valence-corrected chi connectivity index (χ1v) is 9.51. The van der Waals surface area contributed by atoms with Crippen LogP contribution in [0.15, 0.2) is 53.4 Å². The summed E-state index contributed by atoms with van der Waals surface area (Å²) in [4.78, 5) is 37.4. The monoisotopic (exact) mass is 412 g/mol. The summed E-state index contributed by atoms with van der Waals surface area (Å²) in [5.41, 5.74) is 2.57. The molecule has 1 saturated heterocycles. The fraction of sp³-hybridized carbons (Fsp3) is 0.100. The summed E-state index contributed by atoms with van der Waals surface area (Å²) in [6.07, 6.45) is 1.75. The van der Waals surface area contributed by atoms with Gasteiger partial charge in [0, 0.05) is 5.69 Å². The van der Waals surface area contributed by atoms with Crippen LogP contribution in [0.25, 0.3) is 6.08 Å². The van der Waals surface area contributed by atoms with Crippen molar-refractivity contribution >= 4 is 57.8 Å². The zero-order chi connectivity index (χ0) is 20.3. The van der Waals surface area contributed by atoms with Crippen molar-refractivity contribution in [2.45, 2.75) is 6.92 Å². The predicted octanol–water partition coefficient (Wildman–Crippen LogP) is 3.53. The molecular formula is C20H16N2O4S2. The fourth-order valence-corrected chi connectivity index (χ4v) is 3.75. The van der Waals surface area contributed by atoms with Crippen LogP contribution in [0.2, 0.25) is 0 Å². The third-order valence-electron chi connectivity index (χ3n) is 3.97. The number of hydrogen-bond donors (Lipinski definition) is 2. The first-order chi connectivity index (χ1) is 13.3. The van der Waals surface area contributed by atoms with Crippen molar-refractivity contribution in [3.05, 3.63) is 70.1 Å². The summed E-state index contributed by atoms with van der Waals surface area (Å²) in [6.45, 7) is 1.77. The minimum Gasteiger partial charge on any atom is -0.478 e. The molecular weight excluding hydrogens is 396 g/mol. The van der Waals surface area contributed by atoms with Crippen LogP contribution in [0.5, 0.6) is 0 Å². The molecule has 1 heterocycles. The van der Waals surface area contributed by atoms with Crippen LogP contribution in [-0.4, -0.2) is 38.7 Å². The number of nitrogens with zero attached hydrogens (tertiary/aromatic N) is 1. The SMILES string of the molecule is Cc1ccc(/C=C2/SC(=S)N(CC(=O)Nc3ccc(C(=O)O)cc3)C2=O)cc1. The second-order valence-electron chi connectivity index (χ2n) is 6.11. The van der Waals surface area contributed by atoms with Crippen molar-refractivity contribution in [2.75, 3.05) is 11.9 Å². The molecule has 2 aromatic rings. The molecule has 6 nitrogen and oxygen atoms in total. The van der Waals surface area contributed by atoms with E-state index in [1.165, 1.54) is 29.2 Å². The Morgan fingerprint density at radius 3 is 2.39 bits per heavy atom. The number of thiocarbonyl (C=S) groups is 1. The molecule has 142 valence electrons. The maximum Gasteiger partial charge on any atom is 0.335 e. The number of aromatic carboxylic acids is 1. The molecule has 0 aliphatic carbocycles. The zero-order valence-electron chi connectivity index (χ0n) is 14.8. The molecule has 1 aliphatic heterocycles. The van der Waals surface area contributed by atoms with E-state index in [1.807, 2.05) is 31.2 Å². The van der Waals surface area contributed by atoms with E-state index in [1.54, 1.807) is 6.08 Å². The van der Waals surface area contributed by atoms with E-state index in [0.717, 1.165) is 22.9 Å². The molecule has 0 unspecified atom stereocenters. The van der Waals surface area contributed by atoms with Gasteiger partial charge < -0.3 is 10.4 Å². The van der Waals surface area contributed by atoms with Crippen LogP contribution in [0.1, 0.15) is 21.5 Å². The van der Waals surface area contributed by atoms with Crippen LogP contribution < -0.4 is 5.32 Å². The summed E-state index contributed by atoms with van der Waals surface area (Å²) in [7, 11) is 0. The van der Waals surface area contributed by atoms with E-state index in [-0.39, 0.29) is 18.0 Å². The number of carbonyl (C=O) groups excluding carboxylic acids is 2. The number of hydrogen-bond acceptors (Lipinski definition) is 5. The van der Waals surface area contributed by atoms with Crippen molar-refractivity contribution < 1.29 is 19.5 Å². The lowest BCUT2D eigenvalue weighted by atomic mass is 10.1. The Morgan fingerprint density at radius 2 is 1.79 bits per heavy atom. The summed E-state index contributed by atoms with van der Waals surface area (Å²) >= 11 is 6.40. The summed E-state index contributed by atoms with van der Waals surface area (Å²) in [6, 6.07) is 13.5. The molecule has 0 saturated carbocycles. The van der Waals surface area contributed by atoms with Gasteiger partial charge in [0.25, 0.3) is 5.91 Å². The minimum atomic E-state index is -1.05. The fourth-order valence-electron chi connectivity index (χ4n) is 2.49. The molecule has 2 aromatic carbocycles. The highest BCUT2D eigenvalue weighted by Crippen LogP contribution is 2.32. The number of rotatable bonds is 5. The molecule has 0 spiro atoms. The highest BCUT2D eigenvalue weighted by molar-refractivity contribution is 8.26. The topological polar surface area (TPSA) is 86.7 Å². The van der Waals surface area contributed by atoms with Gasteiger partial charge in [-0.1, -0.05) is 53.8 Å². The standard InChI is InChI=1S/C20H16N2O4S2/c1-12-2-4-13(5-3-12)10-16-18(24)22(20(27)28-16)11-17(23)21-15-8-6-14(7-9-15)19(25)26/h2-10H,11H2,1H3,(H,21,23)(H,25,26)/b16-10+. The van der Waals surface area contributed by atoms with E-state index in [0.29, 0.717) is 14.9 Å². The zero-order valence-corrected chi connectivity index (χ0v) is 16.5. The second-order valence-corrected chi connectivity index (χ2v) is 7.78. The molecule has 0 aromatic heterocycles. The molecule has 3 rings (SSSR count). The minimum absolute atomic E-state index is 0.121. The van der Waals surface area contributed by atoms with Crippen LogP contribution in [0.3, 0.4) is 0 Å². The number of amides is 2. The van der Waals surface area contributed by atoms with Gasteiger partial charge in [-0.3, -0.25) is 14.5 Å². The van der Waals surface area contributed by atoms with Crippen molar-refractivity contribution in [3.63, 3.8) is 0 Å². The first kappa shape index (κ1) is 19.8. The number of carbonyl (C=O) groups is 3. The largest absolute Gasteiger partial charge is 0.478 e. The lowest BCUT2D eigenvalue weighted by Crippen LogP contribution is -2.36. The maximum atomic E-state index is 12.6. The van der Waals surface area contributed by atoms with Gasteiger partial charge >= 0.3 is 5.97 Å². The van der Waals surface area contributed by atoms with Gasteiger partial charge in [-0.15, -0.1) is 0 Å². The van der Waals surface area contributed by atoms with Gasteiger partial charge in [0.1, 0.15) is 10.9 Å². The molecule has 1 aliphatic rings. The van der Waals surface area contributed by atoms with E-state index in [9.17, 15) is 14.4 Å². The molecule has 28 heavy (non-hydrogen) atoms. The third-order valence-corrected chi connectivity index (χ3v) is 5.34. The Bertz CT molecular complexity index is 982. The van der Waals surface area contributed by atoms with Crippen molar-refractivity contribution in [3.8, 4) is 0 Å². The average Bonchev–Trinajstić information content (AvgIpc) is 2.91. The molecule has 0 atom stereocenters. The van der Waals surface area contributed by atoms with Gasteiger partial charge in [0.05, 0.1) is 10.5 Å². The molecule has 8 heteroatoms. The normalized spacial score (nSPS) is 15.2. The Hall–Kier alpha value is -2.97. The van der Waals surface area contributed by atoms with Gasteiger partial charge in [-0.2, -0.15) is 0 Å². The number of anilines is 1. The van der Waals surface area contributed by atoms with Gasteiger partial charge in [0.2, 0.25) is 5.91 Å². The third kappa shape index (κ3) is 4.65. The molecule has 2 N–H and O–H groups in total. The number of nitrogens with one attached hydrogen (secondary N) is 1. The lowest BCUT2D eigenvalue weighted by Gasteiger charge is -2.14. The van der Waals surface area contributed by atoms with Crippen molar-refractivity contribution in [1.29, 1.82) is 0 Å². The Balaban J connectivity index is 1.65. The average molecular weight is 412 g/mol. The number of thioether (sulfide) groups is 1. The smallest absolute Gasteiger partial charge is 0.335 e. The number of carboxylic acid groups (broad SMARTS) is 1. The number of benzene rings is 2. The van der Waals surface area contributed by atoms with Gasteiger partial charge in [-0.25, -0.2) is 4.79 Å². The van der Waals surface area contributed by atoms with Crippen molar-refractivity contribution in [1.82, 2.24) is 4.90 Å². The molecule has 0 bridgehead atoms. The van der Waals surface area contributed by atoms with E-state index < -0.39 is 11.9 Å². The summed E-state index contributed by atoms with van der Waals surface area (Å²) in [5.74, 6) is -1.78. The quantitative estimate of drug-likeness (QED) is 0.577. The number of carboxylic acids is 1. The van der Waals surface area contributed by atoms with E-state index in [2.05, 4.69) is 5.32 Å².